The lowest BCUT2D eigenvalue weighted by Crippen LogP contribution is -2.58. The van der Waals surface area contributed by atoms with Crippen LogP contribution in [0.25, 0.3) is 0 Å². The van der Waals surface area contributed by atoms with Gasteiger partial charge in [0.1, 0.15) is 6.04 Å². The third-order valence-corrected chi connectivity index (χ3v) is 3.15. The number of nitrogens with one attached hydrogen (secondary N) is 1. The molecular weight excluding hydrogens is 232 g/mol. The molecule has 1 aliphatic rings. The number of carboxylic acid groups (broad SMARTS) is 1. The molecule has 5 nitrogen and oxygen atoms in total. The Labute approximate surface area is 105 Å². The Morgan fingerprint density at radius 2 is 2.22 bits per heavy atom. The lowest BCUT2D eigenvalue weighted by Gasteiger charge is -2.35. The van der Waals surface area contributed by atoms with E-state index in [1.165, 1.54) is 0 Å². The first kappa shape index (κ1) is 12.4. The van der Waals surface area contributed by atoms with E-state index < -0.39 is 12.0 Å². The number of hydrogen-bond acceptors (Lipinski definition) is 3. The number of carbonyl (C=O) groups excluding carboxylic acids is 1. The molecule has 0 aromatic heterocycles. The molecule has 1 aliphatic heterocycles. The molecule has 1 saturated heterocycles. The Morgan fingerprint density at radius 1 is 1.50 bits per heavy atom. The van der Waals surface area contributed by atoms with Crippen LogP contribution in [0, 0.1) is 0 Å². The van der Waals surface area contributed by atoms with Gasteiger partial charge in [0.25, 0.3) is 0 Å². The normalized spacial score (nSPS) is 19.5. The van der Waals surface area contributed by atoms with Crippen LogP contribution in [0.15, 0.2) is 24.3 Å². The lowest BCUT2D eigenvalue weighted by atomic mass is 10.1. The van der Waals surface area contributed by atoms with E-state index in [9.17, 15) is 14.7 Å². The maximum absolute atomic E-state index is 11.5. The summed E-state index contributed by atoms with van der Waals surface area (Å²) in [7, 11) is 0. The molecule has 96 valence electrons. The molecule has 1 fully saturated rings. The zero-order valence-electron chi connectivity index (χ0n) is 10.2. The van der Waals surface area contributed by atoms with Crippen molar-refractivity contribution in [2.45, 2.75) is 19.4 Å². The van der Waals surface area contributed by atoms with Gasteiger partial charge in [0.15, 0.2) is 0 Å². The average Bonchev–Trinajstić information content (AvgIpc) is 2.38. The number of amides is 1. The van der Waals surface area contributed by atoms with Crippen LogP contribution in [0.2, 0.25) is 0 Å². The molecule has 5 heteroatoms. The number of aryl methyl sites for hydroxylation is 1. The predicted molar refractivity (Wildman–Crippen MR) is 67.6 cm³/mol. The number of rotatable bonds is 3. The Hall–Kier alpha value is -2.04. The molecule has 1 aromatic rings. The Kier molecular flexibility index (Phi) is 3.50. The van der Waals surface area contributed by atoms with Crippen molar-refractivity contribution >= 4 is 17.6 Å². The highest BCUT2D eigenvalue weighted by Gasteiger charge is 2.32. The molecule has 18 heavy (non-hydrogen) atoms. The van der Waals surface area contributed by atoms with Crippen LogP contribution in [0.4, 0.5) is 5.69 Å². The summed E-state index contributed by atoms with van der Waals surface area (Å²) in [5.74, 6) is -1.06. The number of hydrogen-bond donors (Lipinski definition) is 2. The van der Waals surface area contributed by atoms with E-state index in [1.807, 2.05) is 31.2 Å². The lowest BCUT2D eigenvalue weighted by molar-refractivity contribution is -0.139. The predicted octanol–water partition coefficient (Wildman–Crippen LogP) is 0.638. The Bertz CT molecular complexity index is 473. The zero-order valence-corrected chi connectivity index (χ0v) is 10.2. The van der Waals surface area contributed by atoms with E-state index in [-0.39, 0.29) is 19.0 Å². The zero-order chi connectivity index (χ0) is 13.1. The van der Waals surface area contributed by atoms with Crippen LogP contribution < -0.4 is 10.2 Å². The van der Waals surface area contributed by atoms with Crippen LogP contribution in [-0.2, 0) is 16.0 Å². The third kappa shape index (κ3) is 2.30. The molecule has 1 unspecified atom stereocenters. The van der Waals surface area contributed by atoms with Gasteiger partial charge in [-0.3, -0.25) is 4.79 Å². The van der Waals surface area contributed by atoms with Crippen LogP contribution in [0.1, 0.15) is 12.5 Å². The summed E-state index contributed by atoms with van der Waals surface area (Å²) in [6.45, 7) is 2.25. The van der Waals surface area contributed by atoms with Gasteiger partial charge in [0.2, 0.25) is 5.91 Å². The molecular formula is C13H16N2O3. The van der Waals surface area contributed by atoms with Gasteiger partial charge >= 0.3 is 5.97 Å². The maximum atomic E-state index is 11.5. The molecule has 1 heterocycles. The van der Waals surface area contributed by atoms with Crippen molar-refractivity contribution in [3.63, 3.8) is 0 Å². The van der Waals surface area contributed by atoms with E-state index in [0.29, 0.717) is 0 Å². The highest BCUT2D eigenvalue weighted by molar-refractivity contribution is 5.89. The number of aliphatic carboxylic acids is 1. The second-order valence-corrected chi connectivity index (χ2v) is 4.27. The van der Waals surface area contributed by atoms with Gasteiger partial charge in [0, 0.05) is 12.2 Å². The summed E-state index contributed by atoms with van der Waals surface area (Å²) >= 11 is 0. The topological polar surface area (TPSA) is 69.6 Å². The van der Waals surface area contributed by atoms with E-state index in [4.69, 9.17) is 0 Å². The summed E-state index contributed by atoms with van der Waals surface area (Å²) < 4.78 is 0. The summed E-state index contributed by atoms with van der Waals surface area (Å²) in [6.07, 6.45) is 0.806. The van der Waals surface area contributed by atoms with Gasteiger partial charge < -0.3 is 15.3 Å². The van der Waals surface area contributed by atoms with Crippen molar-refractivity contribution in [1.82, 2.24) is 5.32 Å². The monoisotopic (exact) mass is 248 g/mol. The number of benzene rings is 1. The number of carboxylic acids is 1. The van der Waals surface area contributed by atoms with Crippen molar-refractivity contribution in [2.24, 2.45) is 0 Å². The standard InChI is InChI=1S/C13H16N2O3/c1-2-9-5-3-4-6-10(9)15-8-12(16)14-7-11(15)13(17)18/h3-6,11H,2,7-8H2,1H3,(H,14,16)(H,17,18). The number of piperazine rings is 1. The van der Waals surface area contributed by atoms with E-state index in [2.05, 4.69) is 5.32 Å². The summed E-state index contributed by atoms with van der Waals surface area (Å²) in [5.41, 5.74) is 1.89. The Balaban J connectivity index is 2.37. The fourth-order valence-corrected chi connectivity index (χ4v) is 2.21. The highest BCUT2D eigenvalue weighted by Crippen LogP contribution is 2.24. The molecule has 1 atom stereocenters. The number of anilines is 1. The molecule has 0 saturated carbocycles. The van der Waals surface area contributed by atoms with Crippen LogP contribution in [0.5, 0.6) is 0 Å². The second-order valence-electron chi connectivity index (χ2n) is 4.27. The van der Waals surface area contributed by atoms with Crippen molar-refractivity contribution in [3.8, 4) is 0 Å². The minimum Gasteiger partial charge on any atom is -0.480 e. The van der Waals surface area contributed by atoms with Crippen LogP contribution in [-0.4, -0.2) is 36.1 Å². The van der Waals surface area contributed by atoms with Crippen LogP contribution in [0.3, 0.4) is 0 Å². The Morgan fingerprint density at radius 3 is 2.89 bits per heavy atom. The SMILES string of the molecule is CCc1ccccc1N1CC(=O)NCC1C(=O)O. The molecule has 0 bridgehead atoms. The maximum Gasteiger partial charge on any atom is 0.328 e. The van der Waals surface area contributed by atoms with Gasteiger partial charge in [-0.05, 0) is 18.1 Å². The smallest absolute Gasteiger partial charge is 0.328 e. The van der Waals surface area contributed by atoms with Gasteiger partial charge in [-0.2, -0.15) is 0 Å². The number of carbonyl (C=O) groups is 2. The van der Waals surface area contributed by atoms with Gasteiger partial charge in [-0.25, -0.2) is 4.79 Å². The van der Waals surface area contributed by atoms with Gasteiger partial charge in [-0.15, -0.1) is 0 Å². The van der Waals surface area contributed by atoms with E-state index in [0.717, 1.165) is 17.7 Å². The molecule has 0 aliphatic carbocycles. The third-order valence-electron chi connectivity index (χ3n) is 3.15. The molecule has 2 N–H and O–H groups in total. The fraction of sp³-hybridized carbons (Fsp3) is 0.385. The molecule has 2 rings (SSSR count). The van der Waals surface area contributed by atoms with Crippen molar-refractivity contribution in [1.29, 1.82) is 0 Å². The average molecular weight is 248 g/mol. The van der Waals surface area contributed by atoms with Crippen LogP contribution >= 0.6 is 0 Å². The second kappa shape index (κ2) is 5.08. The summed E-state index contributed by atoms with van der Waals surface area (Å²) in [6, 6.07) is 6.91. The van der Waals surface area contributed by atoms with Gasteiger partial charge in [-0.1, -0.05) is 25.1 Å². The largest absolute Gasteiger partial charge is 0.480 e. The van der Waals surface area contributed by atoms with Crippen molar-refractivity contribution < 1.29 is 14.7 Å². The van der Waals surface area contributed by atoms with E-state index >= 15 is 0 Å². The summed E-state index contributed by atoms with van der Waals surface area (Å²) in [4.78, 5) is 24.4. The minimum atomic E-state index is -0.916. The molecule has 0 radical (unpaired) electrons. The highest BCUT2D eigenvalue weighted by atomic mass is 16.4. The minimum absolute atomic E-state index is 0.0913. The first-order chi connectivity index (χ1) is 8.63. The van der Waals surface area contributed by atoms with Gasteiger partial charge in [0.05, 0.1) is 6.54 Å². The van der Waals surface area contributed by atoms with Crippen molar-refractivity contribution in [3.05, 3.63) is 29.8 Å². The summed E-state index contributed by atoms with van der Waals surface area (Å²) in [5, 5.41) is 11.8. The number of para-hydroxylation sites is 1. The molecule has 1 aromatic carbocycles. The first-order valence-corrected chi connectivity index (χ1v) is 5.97. The fourth-order valence-electron chi connectivity index (χ4n) is 2.21. The van der Waals surface area contributed by atoms with Crippen molar-refractivity contribution in [2.75, 3.05) is 18.0 Å². The quantitative estimate of drug-likeness (QED) is 0.823. The first-order valence-electron chi connectivity index (χ1n) is 5.97. The van der Waals surface area contributed by atoms with E-state index in [1.54, 1.807) is 4.90 Å². The molecule has 0 spiro atoms. The number of nitrogens with zero attached hydrogens (tertiary/aromatic N) is 1. The molecule has 1 amide bonds.